The van der Waals surface area contributed by atoms with E-state index in [1.807, 2.05) is 24.3 Å². The van der Waals surface area contributed by atoms with Crippen LogP contribution in [-0.4, -0.2) is 36.9 Å². The number of hydrogen-bond donors (Lipinski definition) is 1. The third kappa shape index (κ3) is 3.85. The van der Waals surface area contributed by atoms with Crippen molar-refractivity contribution in [1.82, 2.24) is 10.2 Å². The summed E-state index contributed by atoms with van der Waals surface area (Å²) in [5.41, 5.74) is 0.977. The molecule has 0 aromatic heterocycles. The lowest BCUT2D eigenvalue weighted by Crippen LogP contribution is -2.40. The summed E-state index contributed by atoms with van der Waals surface area (Å²) in [5.74, 6) is -0.596. The molecule has 26 heavy (non-hydrogen) atoms. The van der Waals surface area contributed by atoms with E-state index in [1.54, 1.807) is 18.1 Å². The van der Waals surface area contributed by atoms with Crippen molar-refractivity contribution in [3.63, 3.8) is 0 Å². The van der Waals surface area contributed by atoms with Crippen molar-refractivity contribution in [2.75, 3.05) is 20.2 Å². The van der Waals surface area contributed by atoms with Gasteiger partial charge in [-0.05, 0) is 42.7 Å². The van der Waals surface area contributed by atoms with Crippen molar-refractivity contribution in [2.24, 2.45) is 0 Å². The molecular formula is C20H21FN2O3. The quantitative estimate of drug-likeness (QED) is 0.896. The van der Waals surface area contributed by atoms with Gasteiger partial charge in [-0.1, -0.05) is 24.3 Å². The molecule has 1 aliphatic heterocycles. The maximum absolute atomic E-state index is 13.6. The number of nitrogens with zero attached hydrogens (tertiary/aromatic N) is 1. The number of hydrogen-bond acceptors (Lipinski definition) is 3. The first-order chi connectivity index (χ1) is 12.6. The fourth-order valence-corrected chi connectivity index (χ4v) is 3.24. The van der Waals surface area contributed by atoms with E-state index < -0.39 is 11.7 Å². The van der Waals surface area contributed by atoms with Crippen molar-refractivity contribution in [1.29, 1.82) is 0 Å². The molecule has 0 aliphatic carbocycles. The molecule has 1 aliphatic rings. The Kier molecular flexibility index (Phi) is 5.51. The standard InChI is InChI=1S/C20H21FN2O3/c1-26-15-10-8-14(9-11-15)18-7-4-12-23(18)19(24)13-22-20(25)16-5-2-3-6-17(16)21/h2-3,5-6,8-11,18H,4,7,12-13H2,1H3,(H,22,25)/t18-/m0/s1. The largest absolute Gasteiger partial charge is 0.497 e. The summed E-state index contributed by atoms with van der Waals surface area (Å²) in [6.45, 7) is 0.491. The van der Waals surface area contributed by atoms with E-state index in [-0.39, 0.29) is 24.1 Å². The minimum Gasteiger partial charge on any atom is -0.497 e. The van der Waals surface area contributed by atoms with Crippen LogP contribution < -0.4 is 10.1 Å². The highest BCUT2D eigenvalue weighted by molar-refractivity contribution is 5.96. The maximum Gasteiger partial charge on any atom is 0.254 e. The Labute approximate surface area is 151 Å². The van der Waals surface area contributed by atoms with Crippen LogP contribution in [-0.2, 0) is 4.79 Å². The molecule has 0 saturated carbocycles. The molecular weight excluding hydrogens is 335 g/mol. The second-order valence-corrected chi connectivity index (χ2v) is 6.18. The highest BCUT2D eigenvalue weighted by atomic mass is 19.1. The molecule has 2 aromatic carbocycles. The molecule has 1 saturated heterocycles. The summed E-state index contributed by atoms with van der Waals surface area (Å²) in [7, 11) is 1.61. The Morgan fingerprint density at radius 3 is 2.62 bits per heavy atom. The van der Waals surface area contributed by atoms with Gasteiger partial charge in [-0.25, -0.2) is 4.39 Å². The predicted molar refractivity (Wildman–Crippen MR) is 95.4 cm³/mol. The topological polar surface area (TPSA) is 58.6 Å². The van der Waals surface area contributed by atoms with Crippen LogP contribution in [0.25, 0.3) is 0 Å². The second kappa shape index (κ2) is 7.99. The smallest absolute Gasteiger partial charge is 0.254 e. The number of ether oxygens (including phenoxy) is 1. The lowest BCUT2D eigenvalue weighted by atomic mass is 10.0. The number of benzene rings is 2. The second-order valence-electron chi connectivity index (χ2n) is 6.18. The molecule has 6 heteroatoms. The van der Waals surface area contributed by atoms with E-state index in [1.165, 1.54) is 18.2 Å². The summed E-state index contributed by atoms with van der Waals surface area (Å²) in [5, 5.41) is 2.52. The molecule has 0 radical (unpaired) electrons. The van der Waals surface area contributed by atoms with Crippen molar-refractivity contribution < 1.29 is 18.7 Å². The van der Waals surface area contributed by atoms with Crippen molar-refractivity contribution in [3.8, 4) is 5.75 Å². The molecule has 5 nitrogen and oxygen atoms in total. The van der Waals surface area contributed by atoms with Gasteiger partial charge in [0.2, 0.25) is 5.91 Å². The predicted octanol–water partition coefficient (Wildman–Crippen LogP) is 2.93. The summed E-state index contributed by atoms with van der Waals surface area (Å²) in [6.07, 6.45) is 1.78. The van der Waals surface area contributed by atoms with E-state index in [0.717, 1.165) is 24.2 Å². The number of amides is 2. The maximum atomic E-state index is 13.6. The fourth-order valence-electron chi connectivity index (χ4n) is 3.24. The van der Waals surface area contributed by atoms with Gasteiger partial charge >= 0.3 is 0 Å². The van der Waals surface area contributed by atoms with E-state index >= 15 is 0 Å². The minimum absolute atomic E-state index is 0.0150. The molecule has 136 valence electrons. The molecule has 0 bridgehead atoms. The van der Waals surface area contributed by atoms with Crippen LogP contribution in [0.5, 0.6) is 5.75 Å². The monoisotopic (exact) mass is 356 g/mol. The molecule has 3 rings (SSSR count). The van der Waals surface area contributed by atoms with E-state index in [2.05, 4.69) is 5.32 Å². The van der Waals surface area contributed by atoms with Crippen LogP contribution in [0.2, 0.25) is 0 Å². The fraction of sp³-hybridized carbons (Fsp3) is 0.300. The van der Waals surface area contributed by atoms with Crippen LogP contribution >= 0.6 is 0 Å². The van der Waals surface area contributed by atoms with Gasteiger partial charge in [-0.15, -0.1) is 0 Å². The number of methoxy groups -OCH3 is 1. The molecule has 2 aromatic rings. The van der Waals surface area contributed by atoms with E-state index in [0.29, 0.717) is 6.54 Å². The van der Waals surface area contributed by atoms with Gasteiger partial charge in [0.25, 0.3) is 5.91 Å². The Hall–Kier alpha value is -2.89. The molecule has 1 fully saturated rings. The zero-order chi connectivity index (χ0) is 18.5. The average Bonchev–Trinajstić information content (AvgIpc) is 3.16. The summed E-state index contributed by atoms with van der Waals surface area (Å²) < 4.78 is 18.8. The van der Waals surface area contributed by atoms with Crippen molar-refractivity contribution >= 4 is 11.8 Å². The average molecular weight is 356 g/mol. The highest BCUT2D eigenvalue weighted by Gasteiger charge is 2.30. The third-order valence-electron chi connectivity index (χ3n) is 4.59. The molecule has 1 atom stereocenters. The minimum atomic E-state index is -0.602. The van der Waals surface area contributed by atoms with Crippen molar-refractivity contribution in [2.45, 2.75) is 18.9 Å². The first kappa shape index (κ1) is 17.9. The number of halogens is 1. The molecule has 1 heterocycles. The van der Waals surface area contributed by atoms with Gasteiger partial charge in [0.1, 0.15) is 11.6 Å². The van der Waals surface area contributed by atoms with Crippen molar-refractivity contribution in [3.05, 3.63) is 65.5 Å². The molecule has 2 amide bonds. The molecule has 0 unspecified atom stereocenters. The van der Waals surface area contributed by atoms with Gasteiger partial charge in [-0.3, -0.25) is 9.59 Å². The summed E-state index contributed by atoms with van der Waals surface area (Å²) in [6, 6.07) is 13.3. The Balaban J connectivity index is 1.63. The molecule has 0 spiro atoms. The lowest BCUT2D eigenvalue weighted by Gasteiger charge is -2.25. The van der Waals surface area contributed by atoms with Crippen LogP contribution in [0, 0.1) is 5.82 Å². The highest BCUT2D eigenvalue weighted by Crippen LogP contribution is 2.32. The van der Waals surface area contributed by atoms with Crippen LogP contribution in [0.1, 0.15) is 34.8 Å². The van der Waals surface area contributed by atoms with E-state index in [9.17, 15) is 14.0 Å². The Morgan fingerprint density at radius 1 is 1.19 bits per heavy atom. The van der Waals surface area contributed by atoms with Gasteiger partial charge < -0.3 is 15.0 Å². The van der Waals surface area contributed by atoms with Crippen LogP contribution in [0.4, 0.5) is 4.39 Å². The van der Waals surface area contributed by atoms with Gasteiger partial charge in [0, 0.05) is 6.54 Å². The van der Waals surface area contributed by atoms with Crippen LogP contribution in [0.15, 0.2) is 48.5 Å². The van der Waals surface area contributed by atoms with E-state index in [4.69, 9.17) is 4.74 Å². The Bertz CT molecular complexity index is 792. The first-order valence-electron chi connectivity index (χ1n) is 8.56. The number of nitrogens with one attached hydrogen (secondary N) is 1. The number of carbonyl (C=O) groups is 2. The zero-order valence-electron chi connectivity index (χ0n) is 14.6. The summed E-state index contributed by atoms with van der Waals surface area (Å²) >= 11 is 0. The first-order valence-corrected chi connectivity index (χ1v) is 8.56. The van der Waals surface area contributed by atoms with Gasteiger partial charge in [0.15, 0.2) is 0 Å². The number of rotatable bonds is 5. The third-order valence-corrected chi connectivity index (χ3v) is 4.59. The number of likely N-dealkylation sites (tertiary alicyclic amines) is 1. The number of carbonyl (C=O) groups excluding carboxylic acids is 2. The van der Waals surface area contributed by atoms with Crippen LogP contribution in [0.3, 0.4) is 0 Å². The SMILES string of the molecule is COc1ccc([C@@H]2CCCN2C(=O)CNC(=O)c2ccccc2F)cc1. The Morgan fingerprint density at radius 2 is 1.92 bits per heavy atom. The zero-order valence-corrected chi connectivity index (χ0v) is 14.6. The normalized spacial score (nSPS) is 16.4. The summed E-state index contributed by atoms with van der Waals surface area (Å²) in [4.78, 5) is 26.4. The lowest BCUT2D eigenvalue weighted by molar-refractivity contribution is -0.131. The van der Waals surface area contributed by atoms with Gasteiger partial charge in [0.05, 0.1) is 25.3 Å². The molecule has 1 N–H and O–H groups in total. The van der Waals surface area contributed by atoms with Gasteiger partial charge in [-0.2, -0.15) is 0 Å².